The van der Waals surface area contributed by atoms with Gasteiger partial charge in [-0.1, -0.05) is 0 Å². The minimum Gasteiger partial charge on any atom is -0.497 e. The van der Waals surface area contributed by atoms with E-state index in [1.165, 1.54) is 11.8 Å². The van der Waals surface area contributed by atoms with Gasteiger partial charge in [0, 0.05) is 23.9 Å². The molecule has 1 fully saturated rings. The van der Waals surface area contributed by atoms with E-state index >= 15 is 0 Å². The number of nitrogens with zero attached hydrogens (tertiary/aromatic N) is 1. The first kappa shape index (κ1) is 21.3. The summed E-state index contributed by atoms with van der Waals surface area (Å²) in [4.78, 5) is 28.0. The first-order chi connectivity index (χ1) is 13.9. The van der Waals surface area contributed by atoms with Crippen molar-refractivity contribution < 1.29 is 23.1 Å². The van der Waals surface area contributed by atoms with Gasteiger partial charge in [0.2, 0.25) is 5.91 Å². The Balaban J connectivity index is 1.55. The smallest absolute Gasteiger partial charge is 0.235 e. The molecule has 0 aliphatic carbocycles. The molecule has 1 aliphatic heterocycles. The molecule has 0 aromatic heterocycles. The Kier molecular flexibility index (Phi) is 6.90. The number of carbonyl (C=O) groups excluding carboxylic acids is 2. The molecule has 1 saturated heterocycles. The molecule has 1 amide bonds. The number of hydrogen-bond acceptors (Lipinski definition) is 4. The fraction of sp³-hybridized carbons (Fsp3) is 0.364. The number of carbonyl (C=O) groups is 2. The van der Waals surface area contributed by atoms with Crippen LogP contribution in [0.3, 0.4) is 0 Å². The average Bonchev–Trinajstić information content (AvgIpc) is 2.75. The molecule has 1 unspecified atom stereocenters. The van der Waals surface area contributed by atoms with E-state index in [1.54, 1.807) is 12.0 Å². The van der Waals surface area contributed by atoms with Gasteiger partial charge < -0.3 is 9.64 Å². The lowest BCUT2D eigenvalue weighted by Crippen LogP contribution is -2.43. The molecule has 2 aromatic carbocycles. The molecule has 154 valence electrons. The van der Waals surface area contributed by atoms with Crippen LogP contribution in [0.4, 0.5) is 8.78 Å². The molecule has 0 N–H and O–H groups in total. The molecule has 7 heteroatoms. The highest BCUT2D eigenvalue weighted by molar-refractivity contribution is 8.00. The number of ketones is 1. The van der Waals surface area contributed by atoms with Crippen molar-refractivity contribution in [1.29, 1.82) is 0 Å². The molecule has 1 atom stereocenters. The van der Waals surface area contributed by atoms with Crippen LogP contribution in [0.1, 0.15) is 30.1 Å². The summed E-state index contributed by atoms with van der Waals surface area (Å²) in [6.45, 7) is 2.72. The summed E-state index contributed by atoms with van der Waals surface area (Å²) in [5.41, 5.74) is -0.210. The molecule has 4 nitrogen and oxygen atoms in total. The van der Waals surface area contributed by atoms with Crippen molar-refractivity contribution >= 4 is 23.5 Å². The van der Waals surface area contributed by atoms with Crippen LogP contribution >= 0.6 is 11.8 Å². The maximum Gasteiger partial charge on any atom is 0.235 e. The zero-order chi connectivity index (χ0) is 21.0. The van der Waals surface area contributed by atoms with Gasteiger partial charge in [-0.05, 0) is 62.2 Å². The summed E-state index contributed by atoms with van der Waals surface area (Å²) in [7, 11) is 1.60. The Bertz CT molecular complexity index is 880. The van der Waals surface area contributed by atoms with E-state index in [4.69, 9.17) is 4.74 Å². The first-order valence-corrected chi connectivity index (χ1v) is 10.4. The molecule has 1 heterocycles. The summed E-state index contributed by atoms with van der Waals surface area (Å²) >= 11 is 1.47. The van der Waals surface area contributed by atoms with Crippen LogP contribution in [-0.2, 0) is 4.79 Å². The van der Waals surface area contributed by atoms with Gasteiger partial charge in [0.25, 0.3) is 0 Å². The fourth-order valence-corrected chi connectivity index (χ4v) is 4.39. The Morgan fingerprint density at radius 2 is 1.76 bits per heavy atom. The number of ether oxygens (including phenoxy) is 1. The van der Waals surface area contributed by atoms with E-state index in [9.17, 15) is 18.4 Å². The average molecular weight is 419 g/mol. The second-order valence-corrected chi connectivity index (χ2v) is 8.44. The lowest BCUT2D eigenvalue weighted by atomic mass is 9.88. The van der Waals surface area contributed by atoms with Gasteiger partial charge in [0.05, 0.1) is 17.9 Å². The minimum absolute atomic E-state index is 0.00801. The number of Topliss-reactive ketones (excluding diaryl/α,β-unsaturated/α-hetero) is 1. The van der Waals surface area contributed by atoms with Crippen LogP contribution in [-0.4, -0.2) is 42.0 Å². The number of amides is 1. The number of hydrogen-bond donors (Lipinski definition) is 0. The molecular formula is C22H23F2NO3S. The van der Waals surface area contributed by atoms with Crippen LogP contribution in [0.15, 0.2) is 47.4 Å². The lowest BCUT2D eigenvalue weighted by Gasteiger charge is -2.33. The van der Waals surface area contributed by atoms with Gasteiger partial charge in [-0.2, -0.15) is 0 Å². The Morgan fingerprint density at radius 3 is 2.38 bits per heavy atom. The van der Waals surface area contributed by atoms with Crippen molar-refractivity contribution in [3.05, 3.63) is 59.7 Å². The van der Waals surface area contributed by atoms with E-state index in [0.717, 1.165) is 28.8 Å². The van der Waals surface area contributed by atoms with Gasteiger partial charge in [0.1, 0.15) is 17.4 Å². The highest BCUT2D eigenvalue weighted by Crippen LogP contribution is 2.29. The third-order valence-electron chi connectivity index (χ3n) is 5.09. The zero-order valence-electron chi connectivity index (χ0n) is 16.4. The molecule has 0 radical (unpaired) electrons. The molecule has 0 bridgehead atoms. The predicted molar refractivity (Wildman–Crippen MR) is 108 cm³/mol. The molecule has 0 spiro atoms. The van der Waals surface area contributed by atoms with E-state index in [-0.39, 0.29) is 16.7 Å². The number of thioether (sulfide) groups is 1. The summed E-state index contributed by atoms with van der Waals surface area (Å²) in [5.74, 6) is -1.37. The van der Waals surface area contributed by atoms with Gasteiger partial charge in [-0.3, -0.25) is 9.59 Å². The van der Waals surface area contributed by atoms with Crippen molar-refractivity contribution in [2.45, 2.75) is 29.9 Å². The van der Waals surface area contributed by atoms with Gasteiger partial charge in [-0.15, -0.1) is 11.8 Å². The van der Waals surface area contributed by atoms with Crippen molar-refractivity contribution in [3.8, 4) is 5.75 Å². The van der Waals surface area contributed by atoms with Crippen LogP contribution < -0.4 is 4.74 Å². The van der Waals surface area contributed by atoms with Crippen molar-refractivity contribution in [2.24, 2.45) is 5.92 Å². The quantitative estimate of drug-likeness (QED) is 0.508. The molecule has 29 heavy (non-hydrogen) atoms. The Labute approximate surface area is 173 Å². The maximum absolute atomic E-state index is 13.9. The second kappa shape index (κ2) is 9.39. The van der Waals surface area contributed by atoms with Crippen LogP contribution in [0.5, 0.6) is 5.75 Å². The third-order valence-corrected chi connectivity index (χ3v) is 6.19. The van der Waals surface area contributed by atoms with Crippen LogP contribution in [0.2, 0.25) is 0 Å². The molecule has 2 aromatic rings. The number of piperidine rings is 1. The third kappa shape index (κ3) is 5.15. The van der Waals surface area contributed by atoms with E-state index < -0.39 is 23.3 Å². The summed E-state index contributed by atoms with van der Waals surface area (Å²) in [6, 6.07) is 10.4. The zero-order valence-corrected chi connectivity index (χ0v) is 17.2. The number of likely N-dealkylation sites (tertiary alicyclic amines) is 1. The van der Waals surface area contributed by atoms with E-state index in [0.29, 0.717) is 25.9 Å². The SMILES string of the molecule is COc1ccc(SC(C)C(=O)N2CCC(C(=O)c3cc(F)ccc3F)CC2)cc1. The number of rotatable bonds is 6. The van der Waals surface area contributed by atoms with E-state index in [1.807, 2.05) is 31.2 Å². The number of benzene rings is 2. The normalized spacial score (nSPS) is 15.8. The second-order valence-electron chi connectivity index (χ2n) is 7.02. The van der Waals surface area contributed by atoms with Crippen LogP contribution in [0, 0.1) is 17.6 Å². The number of halogens is 2. The monoisotopic (exact) mass is 419 g/mol. The largest absolute Gasteiger partial charge is 0.497 e. The molecule has 3 rings (SSSR count). The minimum atomic E-state index is -0.709. The Morgan fingerprint density at radius 1 is 1.10 bits per heavy atom. The van der Waals surface area contributed by atoms with Gasteiger partial charge >= 0.3 is 0 Å². The topological polar surface area (TPSA) is 46.6 Å². The summed E-state index contributed by atoms with van der Waals surface area (Å²) in [6.07, 6.45) is 0.890. The van der Waals surface area contributed by atoms with Crippen molar-refractivity contribution in [3.63, 3.8) is 0 Å². The predicted octanol–water partition coefficient (Wildman–Crippen LogP) is 4.58. The highest BCUT2D eigenvalue weighted by atomic mass is 32.2. The molecular weight excluding hydrogens is 396 g/mol. The van der Waals surface area contributed by atoms with E-state index in [2.05, 4.69) is 0 Å². The molecule has 1 aliphatic rings. The molecule has 0 saturated carbocycles. The summed E-state index contributed by atoms with van der Waals surface area (Å²) in [5, 5.41) is -0.267. The van der Waals surface area contributed by atoms with Crippen molar-refractivity contribution in [2.75, 3.05) is 20.2 Å². The first-order valence-electron chi connectivity index (χ1n) is 9.48. The van der Waals surface area contributed by atoms with Crippen molar-refractivity contribution in [1.82, 2.24) is 4.90 Å². The Hall–Kier alpha value is -2.41. The van der Waals surface area contributed by atoms with Crippen LogP contribution in [0.25, 0.3) is 0 Å². The fourth-order valence-electron chi connectivity index (χ4n) is 3.43. The van der Waals surface area contributed by atoms with Gasteiger partial charge in [-0.25, -0.2) is 8.78 Å². The lowest BCUT2D eigenvalue weighted by molar-refractivity contribution is -0.131. The standard InChI is InChI=1S/C22H23F2NO3S/c1-14(29-18-6-4-17(28-2)5-7-18)22(27)25-11-9-15(10-12-25)21(26)19-13-16(23)3-8-20(19)24/h3-8,13-15H,9-12H2,1-2H3. The maximum atomic E-state index is 13.9. The van der Waals surface area contributed by atoms with Gasteiger partial charge in [0.15, 0.2) is 5.78 Å². The summed E-state index contributed by atoms with van der Waals surface area (Å²) < 4.78 is 32.4. The number of methoxy groups -OCH3 is 1. The highest BCUT2D eigenvalue weighted by Gasteiger charge is 2.31.